The Morgan fingerprint density at radius 1 is 1.07 bits per heavy atom. The van der Waals surface area contributed by atoms with E-state index in [1.165, 1.54) is 4.31 Å². The zero-order valence-electron chi connectivity index (χ0n) is 15.1. The highest BCUT2D eigenvalue weighted by Gasteiger charge is 2.38. The van der Waals surface area contributed by atoms with Crippen molar-refractivity contribution in [3.05, 3.63) is 59.8 Å². The summed E-state index contributed by atoms with van der Waals surface area (Å²) in [4.78, 5) is 4.39. The molecule has 0 saturated carbocycles. The van der Waals surface area contributed by atoms with E-state index in [4.69, 9.17) is 9.47 Å². The summed E-state index contributed by atoms with van der Waals surface area (Å²) < 4.78 is 40.4. The number of pyridine rings is 1. The standard InChI is InChI=1S/C19H19N3O4S/c1-22-19(14-9-7-13(25-2)11-16(14)26-3)15-8-6-12-5-4-10-20-17(12)18(15)21-27(22,23)24/h4-11,19,21H,1-3H3. The molecule has 1 unspecified atom stereocenters. The van der Waals surface area contributed by atoms with Gasteiger partial charge in [-0.05, 0) is 18.2 Å². The highest BCUT2D eigenvalue weighted by molar-refractivity contribution is 7.90. The summed E-state index contributed by atoms with van der Waals surface area (Å²) in [6.07, 6.45) is 1.65. The van der Waals surface area contributed by atoms with Gasteiger partial charge in [-0.15, -0.1) is 0 Å². The molecule has 3 aromatic rings. The Morgan fingerprint density at radius 2 is 1.85 bits per heavy atom. The maximum absolute atomic E-state index is 12.8. The number of nitrogens with zero attached hydrogens (tertiary/aromatic N) is 2. The number of rotatable bonds is 3. The molecule has 27 heavy (non-hydrogen) atoms. The van der Waals surface area contributed by atoms with Gasteiger partial charge in [0.25, 0.3) is 0 Å². The van der Waals surface area contributed by atoms with Crippen molar-refractivity contribution in [3.8, 4) is 11.5 Å². The Morgan fingerprint density at radius 3 is 2.59 bits per heavy atom. The zero-order chi connectivity index (χ0) is 19.2. The molecule has 7 nitrogen and oxygen atoms in total. The quantitative estimate of drug-likeness (QED) is 0.750. The van der Waals surface area contributed by atoms with Crippen molar-refractivity contribution >= 4 is 26.8 Å². The summed E-state index contributed by atoms with van der Waals surface area (Å²) in [5.74, 6) is 1.19. The van der Waals surface area contributed by atoms with Crippen molar-refractivity contribution in [3.63, 3.8) is 0 Å². The van der Waals surface area contributed by atoms with Gasteiger partial charge in [-0.25, -0.2) is 0 Å². The molecule has 0 aliphatic carbocycles. The number of hydrogen-bond donors (Lipinski definition) is 1. The first kappa shape index (κ1) is 17.6. The molecule has 1 aliphatic rings. The Balaban J connectivity index is 2.00. The number of hydrogen-bond acceptors (Lipinski definition) is 5. The van der Waals surface area contributed by atoms with Crippen LogP contribution in [0.3, 0.4) is 0 Å². The van der Waals surface area contributed by atoms with Crippen LogP contribution in [0.25, 0.3) is 10.9 Å². The van der Waals surface area contributed by atoms with E-state index in [0.29, 0.717) is 22.7 Å². The van der Waals surface area contributed by atoms with Crippen LogP contribution in [0.4, 0.5) is 5.69 Å². The monoisotopic (exact) mass is 385 g/mol. The summed E-state index contributed by atoms with van der Waals surface area (Å²) in [6, 6.07) is 12.4. The van der Waals surface area contributed by atoms with Gasteiger partial charge >= 0.3 is 10.2 Å². The molecule has 1 aliphatic heterocycles. The number of benzene rings is 2. The maximum atomic E-state index is 12.8. The SMILES string of the molecule is COc1ccc(C2c3ccc4cccnc4c3NS(=O)(=O)N2C)c(OC)c1. The van der Waals surface area contributed by atoms with Crippen LogP contribution in [0.1, 0.15) is 17.2 Å². The molecule has 1 atom stereocenters. The first-order chi connectivity index (χ1) is 13.0. The van der Waals surface area contributed by atoms with E-state index in [2.05, 4.69) is 9.71 Å². The van der Waals surface area contributed by atoms with Crippen molar-refractivity contribution in [2.45, 2.75) is 6.04 Å². The minimum absolute atomic E-state index is 0.495. The second kappa shape index (κ2) is 6.40. The van der Waals surface area contributed by atoms with Gasteiger partial charge in [-0.1, -0.05) is 18.2 Å². The number of fused-ring (bicyclic) bond motifs is 3. The minimum atomic E-state index is -3.75. The van der Waals surface area contributed by atoms with Crippen molar-refractivity contribution in [1.82, 2.24) is 9.29 Å². The zero-order valence-corrected chi connectivity index (χ0v) is 15.9. The number of anilines is 1. The van der Waals surface area contributed by atoms with Crippen LogP contribution >= 0.6 is 0 Å². The third-order valence-corrected chi connectivity index (χ3v) is 6.24. The molecule has 1 aromatic heterocycles. The van der Waals surface area contributed by atoms with Gasteiger partial charge in [0.2, 0.25) is 0 Å². The van der Waals surface area contributed by atoms with Crippen molar-refractivity contribution in [2.24, 2.45) is 0 Å². The van der Waals surface area contributed by atoms with Crippen LogP contribution in [0.15, 0.2) is 48.7 Å². The molecule has 140 valence electrons. The largest absolute Gasteiger partial charge is 0.497 e. The Labute approximate surface area is 157 Å². The molecule has 2 aromatic carbocycles. The fraction of sp³-hybridized carbons (Fsp3) is 0.211. The Bertz CT molecular complexity index is 1130. The first-order valence-corrected chi connectivity index (χ1v) is 9.75. The van der Waals surface area contributed by atoms with E-state index in [1.807, 2.05) is 30.3 Å². The Kier molecular flexibility index (Phi) is 4.16. The molecule has 0 amide bonds. The Hall–Kier alpha value is -2.84. The number of methoxy groups -OCH3 is 2. The molecule has 4 rings (SSSR count). The fourth-order valence-corrected chi connectivity index (χ4v) is 4.56. The average molecular weight is 385 g/mol. The lowest BCUT2D eigenvalue weighted by atomic mass is 9.94. The van der Waals surface area contributed by atoms with Crippen LogP contribution in [-0.4, -0.2) is 39.0 Å². The molecular formula is C19H19N3O4S. The van der Waals surface area contributed by atoms with E-state index >= 15 is 0 Å². The first-order valence-electron chi connectivity index (χ1n) is 8.31. The lowest BCUT2D eigenvalue weighted by molar-refractivity contribution is 0.370. The van der Waals surface area contributed by atoms with Crippen LogP contribution < -0.4 is 14.2 Å². The minimum Gasteiger partial charge on any atom is -0.497 e. The van der Waals surface area contributed by atoms with Gasteiger partial charge in [-0.2, -0.15) is 12.7 Å². The van der Waals surface area contributed by atoms with E-state index in [1.54, 1.807) is 39.6 Å². The predicted octanol–water partition coefficient (Wildman–Crippen LogP) is 2.94. The van der Waals surface area contributed by atoms with Crippen molar-refractivity contribution in [2.75, 3.05) is 26.0 Å². The topological polar surface area (TPSA) is 80.8 Å². The van der Waals surface area contributed by atoms with E-state index in [9.17, 15) is 8.42 Å². The third-order valence-electron chi connectivity index (χ3n) is 4.81. The highest BCUT2D eigenvalue weighted by atomic mass is 32.2. The predicted molar refractivity (Wildman–Crippen MR) is 103 cm³/mol. The molecule has 0 fully saturated rings. The van der Waals surface area contributed by atoms with Crippen molar-refractivity contribution < 1.29 is 17.9 Å². The number of nitrogens with one attached hydrogen (secondary N) is 1. The van der Waals surface area contributed by atoms with Crippen molar-refractivity contribution in [1.29, 1.82) is 0 Å². The fourth-order valence-electron chi connectivity index (χ4n) is 3.44. The second-order valence-corrected chi connectivity index (χ2v) is 7.97. The van der Waals surface area contributed by atoms with Gasteiger partial charge in [-0.3, -0.25) is 9.71 Å². The maximum Gasteiger partial charge on any atom is 0.302 e. The van der Waals surface area contributed by atoms with Crippen LogP contribution in [-0.2, 0) is 10.2 Å². The van der Waals surface area contributed by atoms with Crippen LogP contribution in [0.2, 0.25) is 0 Å². The second-order valence-electron chi connectivity index (χ2n) is 6.24. The normalized spacial score (nSPS) is 18.6. The lowest BCUT2D eigenvalue weighted by Gasteiger charge is -2.35. The highest BCUT2D eigenvalue weighted by Crippen LogP contribution is 2.45. The lowest BCUT2D eigenvalue weighted by Crippen LogP contribution is -2.40. The molecule has 8 heteroatoms. The molecule has 0 saturated heterocycles. The third kappa shape index (κ3) is 2.77. The summed E-state index contributed by atoms with van der Waals surface area (Å²) in [5.41, 5.74) is 2.64. The average Bonchev–Trinajstić information content (AvgIpc) is 2.68. The van der Waals surface area contributed by atoms with Gasteiger partial charge in [0.15, 0.2) is 0 Å². The van der Waals surface area contributed by atoms with E-state index < -0.39 is 16.3 Å². The molecule has 0 radical (unpaired) electrons. The number of aromatic nitrogens is 1. The van der Waals surface area contributed by atoms with E-state index in [-0.39, 0.29) is 0 Å². The van der Waals surface area contributed by atoms with E-state index in [0.717, 1.165) is 16.5 Å². The summed E-state index contributed by atoms with van der Waals surface area (Å²) in [5, 5.41) is 0.865. The molecule has 0 bridgehead atoms. The summed E-state index contributed by atoms with van der Waals surface area (Å²) in [6.45, 7) is 0. The molecule has 2 heterocycles. The van der Waals surface area contributed by atoms with Gasteiger partial charge in [0.05, 0.1) is 31.5 Å². The smallest absolute Gasteiger partial charge is 0.302 e. The molecule has 0 spiro atoms. The van der Waals surface area contributed by atoms with Gasteiger partial charge in [0, 0.05) is 35.8 Å². The van der Waals surface area contributed by atoms with Gasteiger partial charge in [0.1, 0.15) is 11.5 Å². The molecule has 1 N–H and O–H groups in total. The summed E-state index contributed by atoms with van der Waals surface area (Å²) in [7, 11) is 0.920. The summed E-state index contributed by atoms with van der Waals surface area (Å²) >= 11 is 0. The number of ether oxygens (including phenoxy) is 2. The molecular weight excluding hydrogens is 366 g/mol. The van der Waals surface area contributed by atoms with Crippen LogP contribution in [0.5, 0.6) is 11.5 Å². The van der Waals surface area contributed by atoms with Gasteiger partial charge < -0.3 is 9.47 Å². The van der Waals surface area contributed by atoms with Crippen LogP contribution in [0, 0.1) is 0 Å².